The second-order valence-corrected chi connectivity index (χ2v) is 6.49. The summed E-state index contributed by atoms with van der Waals surface area (Å²) in [5, 5.41) is 3.36. The van der Waals surface area contributed by atoms with Crippen LogP contribution in [-0.2, 0) is 16.0 Å². The van der Waals surface area contributed by atoms with Gasteiger partial charge in [0.25, 0.3) is 0 Å². The van der Waals surface area contributed by atoms with E-state index in [1.807, 2.05) is 19.2 Å². The summed E-state index contributed by atoms with van der Waals surface area (Å²) in [7, 11) is 1.83. The Kier molecular flexibility index (Phi) is 9.05. The van der Waals surface area contributed by atoms with Gasteiger partial charge in [0, 0.05) is 26.7 Å². The molecule has 142 valence electrons. The molecule has 0 aliphatic carbocycles. The van der Waals surface area contributed by atoms with Crippen LogP contribution in [0.2, 0.25) is 0 Å². The molecule has 2 aliphatic rings. The number of guanidine groups is 1. The van der Waals surface area contributed by atoms with Crippen molar-refractivity contribution in [1.82, 2.24) is 10.2 Å². The Morgan fingerprint density at radius 3 is 2.80 bits per heavy atom. The van der Waals surface area contributed by atoms with Gasteiger partial charge in [0.1, 0.15) is 5.76 Å². The molecule has 0 saturated carbocycles. The van der Waals surface area contributed by atoms with E-state index < -0.39 is 0 Å². The first-order chi connectivity index (χ1) is 11.8. The van der Waals surface area contributed by atoms with Crippen LogP contribution in [0.3, 0.4) is 0 Å². The molecule has 3 rings (SSSR count). The molecule has 0 aromatic carbocycles. The molecule has 0 radical (unpaired) electrons. The molecule has 1 aromatic rings. The molecule has 1 N–H and O–H groups in total. The van der Waals surface area contributed by atoms with Gasteiger partial charge in [0.15, 0.2) is 5.96 Å². The van der Waals surface area contributed by atoms with Crippen molar-refractivity contribution in [2.45, 2.75) is 50.9 Å². The first-order valence-electron chi connectivity index (χ1n) is 9.06. The Morgan fingerprint density at radius 2 is 2.16 bits per heavy atom. The molecule has 1 unspecified atom stereocenters. The number of furan rings is 1. The van der Waals surface area contributed by atoms with Gasteiger partial charge in [0.05, 0.1) is 31.6 Å². The third-order valence-electron chi connectivity index (χ3n) is 4.75. The molecule has 0 amide bonds. The Balaban J connectivity index is 0.00000225. The van der Waals surface area contributed by atoms with Gasteiger partial charge in [-0.1, -0.05) is 0 Å². The minimum absolute atomic E-state index is 0. The molecule has 25 heavy (non-hydrogen) atoms. The van der Waals surface area contributed by atoms with Crippen molar-refractivity contribution in [1.29, 1.82) is 0 Å². The summed E-state index contributed by atoms with van der Waals surface area (Å²) in [6, 6.07) is 3.87. The largest absolute Gasteiger partial charge is 0.467 e. The highest BCUT2D eigenvalue weighted by Crippen LogP contribution is 2.18. The average Bonchev–Trinajstić information content (AvgIpc) is 3.16. The predicted molar refractivity (Wildman–Crippen MR) is 108 cm³/mol. The standard InChI is InChI=1S/C18H29N3O3.HI/c1-19-18(20-13-16-6-4-12-22-16)21-9-7-15(8-10-21)24-14-17-5-2-3-11-23-17;/h4,6,12,15,17H,2-3,5,7-11,13-14H2,1H3,(H,19,20);1H. The number of ether oxygens (including phenoxy) is 2. The van der Waals surface area contributed by atoms with Crippen LogP contribution in [0.4, 0.5) is 0 Å². The molecule has 2 fully saturated rings. The number of nitrogens with zero attached hydrogens (tertiary/aromatic N) is 2. The van der Waals surface area contributed by atoms with Gasteiger partial charge in [-0.3, -0.25) is 4.99 Å². The van der Waals surface area contributed by atoms with Crippen molar-refractivity contribution in [2.24, 2.45) is 4.99 Å². The summed E-state index contributed by atoms with van der Waals surface area (Å²) in [5.41, 5.74) is 0. The lowest BCUT2D eigenvalue weighted by atomic mass is 10.1. The van der Waals surface area contributed by atoms with Gasteiger partial charge in [-0.05, 0) is 44.2 Å². The Labute approximate surface area is 167 Å². The van der Waals surface area contributed by atoms with Crippen LogP contribution in [-0.4, -0.2) is 56.4 Å². The third-order valence-corrected chi connectivity index (χ3v) is 4.75. The second kappa shape index (κ2) is 11.0. The molecule has 2 aliphatic heterocycles. The number of rotatable bonds is 5. The summed E-state index contributed by atoms with van der Waals surface area (Å²) in [5.74, 6) is 1.85. The van der Waals surface area contributed by atoms with Crippen LogP contribution in [0.25, 0.3) is 0 Å². The van der Waals surface area contributed by atoms with Crippen molar-refractivity contribution in [3.8, 4) is 0 Å². The molecule has 0 bridgehead atoms. The van der Waals surface area contributed by atoms with Crippen molar-refractivity contribution in [2.75, 3.05) is 33.4 Å². The van der Waals surface area contributed by atoms with Gasteiger partial charge in [0.2, 0.25) is 0 Å². The second-order valence-electron chi connectivity index (χ2n) is 6.49. The monoisotopic (exact) mass is 463 g/mol. The van der Waals surface area contributed by atoms with E-state index in [1.165, 1.54) is 12.8 Å². The Bertz CT molecular complexity index is 496. The van der Waals surface area contributed by atoms with Crippen molar-refractivity contribution in [3.63, 3.8) is 0 Å². The van der Waals surface area contributed by atoms with E-state index in [1.54, 1.807) is 6.26 Å². The van der Waals surface area contributed by atoms with Gasteiger partial charge in [-0.2, -0.15) is 0 Å². The van der Waals surface area contributed by atoms with E-state index in [2.05, 4.69) is 15.2 Å². The fourth-order valence-electron chi connectivity index (χ4n) is 3.33. The summed E-state index contributed by atoms with van der Waals surface area (Å²) in [6.07, 6.45) is 8.02. The van der Waals surface area contributed by atoms with Crippen LogP contribution in [0.5, 0.6) is 0 Å². The minimum atomic E-state index is 0. The van der Waals surface area contributed by atoms with E-state index >= 15 is 0 Å². The van der Waals surface area contributed by atoms with Crippen LogP contribution in [0.1, 0.15) is 37.9 Å². The Hall–Kier alpha value is -0.800. The normalized spacial score (nSPS) is 22.5. The number of likely N-dealkylation sites (tertiary alicyclic amines) is 1. The molecule has 6 nitrogen and oxygen atoms in total. The molecular formula is C18H30IN3O3. The number of piperidine rings is 1. The molecule has 3 heterocycles. The maximum Gasteiger partial charge on any atom is 0.194 e. The van der Waals surface area contributed by atoms with E-state index in [0.717, 1.165) is 57.3 Å². The number of hydrogen-bond donors (Lipinski definition) is 1. The molecule has 0 spiro atoms. The maximum atomic E-state index is 6.08. The summed E-state index contributed by atoms with van der Waals surface area (Å²) in [6.45, 7) is 4.23. The van der Waals surface area contributed by atoms with Crippen molar-refractivity contribution < 1.29 is 13.9 Å². The van der Waals surface area contributed by atoms with Crippen LogP contribution >= 0.6 is 24.0 Å². The quantitative estimate of drug-likeness (QED) is 0.414. The minimum Gasteiger partial charge on any atom is -0.467 e. The topological polar surface area (TPSA) is 59.2 Å². The van der Waals surface area contributed by atoms with E-state index in [0.29, 0.717) is 18.8 Å². The summed E-state index contributed by atoms with van der Waals surface area (Å²) < 4.78 is 17.2. The first-order valence-corrected chi connectivity index (χ1v) is 9.06. The number of hydrogen-bond acceptors (Lipinski definition) is 4. The highest BCUT2D eigenvalue weighted by molar-refractivity contribution is 14.0. The van der Waals surface area contributed by atoms with Crippen LogP contribution < -0.4 is 5.32 Å². The first kappa shape index (κ1) is 20.5. The lowest BCUT2D eigenvalue weighted by molar-refractivity contribution is -0.0721. The zero-order valence-electron chi connectivity index (χ0n) is 15.0. The lowest BCUT2D eigenvalue weighted by Crippen LogP contribution is -2.47. The van der Waals surface area contributed by atoms with Crippen LogP contribution in [0, 0.1) is 0 Å². The third kappa shape index (κ3) is 6.45. The zero-order chi connectivity index (χ0) is 16.6. The molecule has 1 atom stereocenters. The number of halogens is 1. The van der Waals surface area contributed by atoms with E-state index in [9.17, 15) is 0 Å². The number of aliphatic imine (C=N–C) groups is 1. The fraction of sp³-hybridized carbons (Fsp3) is 0.722. The highest BCUT2D eigenvalue weighted by atomic mass is 127. The SMILES string of the molecule is CN=C(NCc1ccco1)N1CCC(OCC2CCCCO2)CC1.I. The predicted octanol–water partition coefficient (Wildman–Crippen LogP) is 3.02. The van der Waals surface area contributed by atoms with E-state index in [4.69, 9.17) is 13.9 Å². The zero-order valence-corrected chi connectivity index (χ0v) is 17.3. The fourth-order valence-corrected chi connectivity index (χ4v) is 3.33. The van der Waals surface area contributed by atoms with Gasteiger partial charge in [-0.15, -0.1) is 24.0 Å². The lowest BCUT2D eigenvalue weighted by Gasteiger charge is -2.35. The number of nitrogens with one attached hydrogen (secondary N) is 1. The van der Waals surface area contributed by atoms with Gasteiger partial charge in [-0.25, -0.2) is 0 Å². The highest BCUT2D eigenvalue weighted by Gasteiger charge is 2.23. The molecular weight excluding hydrogens is 433 g/mol. The Morgan fingerprint density at radius 1 is 1.32 bits per heavy atom. The van der Waals surface area contributed by atoms with Gasteiger partial charge < -0.3 is 24.1 Å². The summed E-state index contributed by atoms with van der Waals surface area (Å²) >= 11 is 0. The maximum absolute atomic E-state index is 6.08. The average molecular weight is 463 g/mol. The van der Waals surface area contributed by atoms with E-state index in [-0.39, 0.29) is 24.0 Å². The van der Waals surface area contributed by atoms with Crippen LogP contribution in [0.15, 0.2) is 27.8 Å². The van der Waals surface area contributed by atoms with Gasteiger partial charge >= 0.3 is 0 Å². The van der Waals surface area contributed by atoms with Crippen molar-refractivity contribution in [3.05, 3.63) is 24.2 Å². The van der Waals surface area contributed by atoms with Crippen molar-refractivity contribution >= 4 is 29.9 Å². The molecule has 7 heteroatoms. The molecule has 2 saturated heterocycles. The summed E-state index contributed by atoms with van der Waals surface area (Å²) in [4.78, 5) is 6.68. The molecule has 1 aromatic heterocycles. The smallest absolute Gasteiger partial charge is 0.194 e.